The largest absolute Gasteiger partial charge is 0.391 e. The Morgan fingerprint density at radius 1 is 1.72 bits per heavy atom. The third-order valence-electron chi connectivity index (χ3n) is 2.07. The van der Waals surface area contributed by atoms with Crippen LogP contribution in [0, 0.1) is 10.1 Å². The van der Waals surface area contributed by atoms with Gasteiger partial charge in [-0.3, -0.25) is 10.1 Å². The number of ether oxygens (including phenoxy) is 1. The fourth-order valence-electron chi connectivity index (χ4n) is 1.25. The van der Waals surface area contributed by atoms with Crippen LogP contribution in [0.2, 0.25) is 5.28 Å². The Kier molecular flexibility index (Phi) is 5.69. The van der Waals surface area contributed by atoms with Gasteiger partial charge in [0, 0.05) is 13.7 Å². The van der Waals surface area contributed by atoms with Gasteiger partial charge in [-0.25, -0.2) is 4.98 Å². The van der Waals surface area contributed by atoms with Gasteiger partial charge in [-0.15, -0.1) is 0 Å². The molecule has 0 spiro atoms. The number of aliphatic hydroxyl groups excluding tert-OH is 1. The molecule has 100 valence electrons. The van der Waals surface area contributed by atoms with Crippen molar-refractivity contribution in [2.45, 2.75) is 12.5 Å². The van der Waals surface area contributed by atoms with Crippen molar-refractivity contribution in [3.05, 3.63) is 21.6 Å². The van der Waals surface area contributed by atoms with Crippen molar-refractivity contribution in [3.8, 4) is 0 Å². The van der Waals surface area contributed by atoms with Crippen LogP contribution in [0.3, 0.4) is 0 Å². The predicted octanol–water partition coefficient (Wildman–Crippen LogP) is 0.847. The van der Waals surface area contributed by atoms with Crippen molar-refractivity contribution in [1.29, 1.82) is 0 Å². The van der Waals surface area contributed by atoms with E-state index in [-0.39, 0.29) is 23.4 Å². The fourth-order valence-corrected chi connectivity index (χ4v) is 1.38. The van der Waals surface area contributed by atoms with E-state index in [0.29, 0.717) is 13.0 Å². The number of nitro groups is 1. The van der Waals surface area contributed by atoms with E-state index < -0.39 is 11.0 Å². The first-order valence-corrected chi connectivity index (χ1v) is 5.50. The summed E-state index contributed by atoms with van der Waals surface area (Å²) in [4.78, 5) is 17.4. The first-order chi connectivity index (χ1) is 8.54. The average Bonchev–Trinajstić information content (AvgIpc) is 2.29. The number of methoxy groups -OCH3 is 1. The first-order valence-electron chi connectivity index (χ1n) is 5.12. The molecule has 1 aromatic rings. The smallest absolute Gasteiger partial charge is 0.329 e. The molecule has 1 aromatic heterocycles. The molecule has 1 rings (SSSR count). The van der Waals surface area contributed by atoms with E-state index in [1.165, 1.54) is 7.11 Å². The summed E-state index contributed by atoms with van der Waals surface area (Å²) in [5, 5.41) is 22.8. The topological polar surface area (TPSA) is 110 Å². The zero-order valence-electron chi connectivity index (χ0n) is 9.67. The molecule has 8 nitrogen and oxygen atoms in total. The zero-order valence-corrected chi connectivity index (χ0v) is 10.4. The van der Waals surface area contributed by atoms with Crippen LogP contribution in [-0.4, -0.2) is 46.4 Å². The lowest BCUT2D eigenvalue weighted by atomic mass is 10.2. The monoisotopic (exact) mass is 276 g/mol. The van der Waals surface area contributed by atoms with E-state index in [2.05, 4.69) is 15.3 Å². The minimum absolute atomic E-state index is 0.0321. The van der Waals surface area contributed by atoms with Crippen molar-refractivity contribution in [1.82, 2.24) is 9.97 Å². The molecule has 18 heavy (non-hydrogen) atoms. The standard InChI is InChI=1S/C9H13ClN4O4/c1-18-5-6(15)2-3-11-8-7(14(16)17)4-12-9(10)13-8/h4,6,15H,2-3,5H2,1H3,(H,11,12,13). The molecule has 0 saturated carbocycles. The molecule has 0 radical (unpaired) electrons. The van der Waals surface area contributed by atoms with Crippen LogP contribution >= 0.6 is 11.6 Å². The minimum atomic E-state index is -0.640. The van der Waals surface area contributed by atoms with Gasteiger partial charge in [-0.1, -0.05) is 0 Å². The summed E-state index contributed by atoms with van der Waals surface area (Å²) in [6, 6.07) is 0. The van der Waals surface area contributed by atoms with Gasteiger partial charge >= 0.3 is 5.69 Å². The van der Waals surface area contributed by atoms with Crippen LogP contribution in [0.5, 0.6) is 0 Å². The molecule has 1 unspecified atom stereocenters. The molecule has 0 aliphatic rings. The van der Waals surface area contributed by atoms with Crippen LogP contribution in [0.15, 0.2) is 6.20 Å². The van der Waals surface area contributed by atoms with Gasteiger partial charge in [0.05, 0.1) is 17.6 Å². The SMILES string of the molecule is COCC(O)CCNc1nc(Cl)ncc1[N+](=O)[O-]. The van der Waals surface area contributed by atoms with Crippen molar-refractivity contribution in [2.24, 2.45) is 0 Å². The molecule has 0 saturated heterocycles. The van der Waals surface area contributed by atoms with Crippen molar-refractivity contribution >= 4 is 23.1 Å². The second-order valence-electron chi connectivity index (χ2n) is 3.45. The predicted molar refractivity (Wildman–Crippen MR) is 64.7 cm³/mol. The summed E-state index contributed by atoms with van der Waals surface area (Å²) in [5.74, 6) is 0.0321. The minimum Gasteiger partial charge on any atom is -0.391 e. The third-order valence-corrected chi connectivity index (χ3v) is 2.25. The van der Waals surface area contributed by atoms with Gasteiger partial charge in [0.1, 0.15) is 6.20 Å². The second-order valence-corrected chi connectivity index (χ2v) is 3.79. The van der Waals surface area contributed by atoms with E-state index in [9.17, 15) is 15.2 Å². The third kappa shape index (κ3) is 4.40. The number of hydrogen-bond donors (Lipinski definition) is 2. The Morgan fingerprint density at radius 3 is 3.06 bits per heavy atom. The molecule has 0 aliphatic heterocycles. The summed E-state index contributed by atoms with van der Waals surface area (Å²) in [5.41, 5.74) is -0.263. The number of hydrogen-bond acceptors (Lipinski definition) is 7. The van der Waals surface area contributed by atoms with E-state index in [1.54, 1.807) is 0 Å². The Morgan fingerprint density at radius 2 is 2.44 bits per heavy atom. The molecule has 0 aromatic carbocycles. The Balaban J connectivity index is 2.60. The lowest BCUT2D eigenvalue weighted by molar-refractivity contribution is -0.384. The number of halogens is 1. The van der Waals surface area contributed by atoms with Gasteiger partial charge in [-0.05, 0) is 18.0 Å². The highest BCUT2D eigenvalue weighted by Gasteiger charge is 2.16. The Labute approximate surface area is 108 Å². The van der Waals surface area contributed by atoms with Crippen LogP contribution in [0.25, 0.3) is 0 Å². The summed E-state index contributed by atoms with van der Waals surface area (Å²) in [7, 11) is 1.48. The van der Waals surface area contributed by atoms with E-state index >= 15 is 0 Å². The highest BCUT2D eigenvalue weighted by Crippen LogP contribution is 2.21. The average molecular weight is 277 g/mol. The molecule has 1 atom stereocenters. The quantitative estimate of drug-likeness (QED) is 0.431. The number of nitrogens with zero attached hydrogens (tertiary/aromatic N) is 3. The molecule has 2 N–H and O–H groups in total. The summed E-state index contributed by atoms with van der Waals surface area (Å²) in [6.45, 7) is 0.507. The van der Waals surface area contributed by atoms with Gasteiger partial charge in [0.25, 0.3) is 0 Å². The zero-order chi connectivity index (χ0) is 13.5. The molecular weight excluding hydrogens is 264 g/mol. The number of rotatable bonds is 7. The maximum Gasteiger partial charge on any atom is 0.329 e. The summed E-state index contributed by atoms with van der Waals surface area (Å²) < 4.78 is 4.75. The van der Waals surface area contributed by atoms with Crippen LogP contribution in [-0.2, 0) is 4.74 Å². The number of aromatic nitrogens is 2. The highest BCUT2D eigenvalue weighted by molar-refractivity contribution is 6.28. The molecule has 0 amide bonds. The summed E-state index contributed by atoms with van der Waals surface area (Å²) in [6.07, 6.45) is 0.759. The van der Waals surface area contributed by atoms with E-state index in [4.69, 9.17) is 16.3 Å². The van der Waals surface area contributed by atoms with Crippen LogP contribution in [0.4, 0.5) is 11.5 Å². The maximum atomic E-state index is 10.7. The Bertz CT molecular complexity index is 418. The van der Waals surface area contributed by atoms with Gasteiger partial charge < -0.3 is 15.2 Å². The van der Waals surface area contributed by atoms with Crippen molar-refractivity contribution in [3.63, 3.8) is 0 Å². The van der Waals surface area contributed by atoms with Gasteiger partial charge in [0.2, 0.25) is 11.1 Å². The molecule has 0 bridgehead atoms. The van der Waals surface area contributed by atoms with E-state index in [1.807, 2.05) is 0 Å². The molecule has 0 aliphatic carbocycles. The fraction of sp³-hybridized carbons (Fsp3) is 0.556. The van der Waals surface area contributed by atoms with Crippen molar-refractivity contribution < 1.29 is 14.8 Å². The number of nitrogens with one attached hydrogen (secondary N) is 1. The molecule has 1 heterocycles. The van der Waals surface area contributed by atoms with Gasteiger partial charge in [0.15, 0.2) is 0 Å². The maximum absolute atomic E-state index is 10.7. The molecule has 0 fully saturated rings. The first kappa shape index (κ1) is 14.6. The van der Waals surface area contributed by atoms with Crippen LogP contribution in [0.1, 0.15) is 6.42 Å². The Hall–Kier alpha value is -1.51. The van der Waals surface area contributed by atoms with E-state index in [0.717, 1.165) is 6.20 Å². The lowest BCUT2D eigenvalue weighted by Gasteiger charge is -2.10. The number of anilines is 1. The molecule has 9 heteroatoms. The normalized spacial score (nSPS) is 12.2. The van der Waals surface area contributed by atoms with Gasteiger partial charge in [-0.2, -0.15) is 4.98 Å². The molecular formula is C9H13ClN4O4. The van der Waals surface area contributed by atoms with Crippen molar-refractivity contribution in [2.75, 3.05) is 25.6 Å². The summed E-state index contributed by atoms with van der Waals surface area (Å²) >= 11 is 5.56. The lowest BCUT2D eigenvalue weighted by Crippen LogP contribution is -2.19. The highest BCUT2D eigenvalue weighted by atomic mass is 35.5. The second kappa shape index (κ2) is 7.04. The van der Waals surface area contributed by atoms with Crippen LogP contribution < -0.4 is 5.32 Å². The number of aliphatic hydroxyl groups is 1.